The first-order chi connectivity index (χ1) is 15.8. The van der Waals surface area contributed by atoms with Gasteiger partial charge in [0.05, 0.1) is 28.3 Å². The van der Waals surface area contributed by atoms with Gasteiger partial charge in [-0.15, -0.1) is 0 Å². The highest BCUT2D eigenvalue weighted by Gasteiger charge is 2.25. The van der Waals surface area contributed by atoms with Crippen molar-refractivity contribution in [1.82, 2.24) is 8.87 Å². The van der Waals surface area contributed by atoms with Gasteiger partial charge in [-0.1, -0.05) is 12.1 Å². The normalized spacial score (nSPS) is 14.3. The van der Waals surface area contributed by atoms with E-state index in [1.807, 2.05) is 6.07 Å². The standard InChI is InChI=1S/C23H27N3O6S/c1-24(2)33(29,30)17-10-11-19(25-12-5-6-13-25)18(16-17)22(27)31-15-7-14-26-20-8-3-4-9-21(20)32-23(26)28/h3-4,8-11,16H,5-7,12-15H2,1-2H3. The Morgan fingerprint density at radius 3 is 2.58 bits per heavy atom. The van der Waals surface area contributed by atoms with E-state index in [4.69, 9.17) is 9.15 Å². The van der Waals surface area contributed by atoms with Gasteiger partial charge in [-0.05, 0) is 49.6 Å². The van der Waals surface area contributed by atoms with Crippen molar-refractivity contribution in [3.8, 4) is 0 Å². The number of sulfonamides is 1. The second-order valence-electron chi connectivity index (χ2n) is 8.14. The second-order valence-corrected chi connectivity index (χ2v) is 10.3. The number of hydrogen-bond acceptors (Lipinski definition) is 7. The van der Waals surface area contributed by atoms with Crippen LogP contribution in [-0.2, 0) is 21.3 Å². The van der Waals surface area contributed by atoms with E-state index in [1.54, 1.807) is 24.3 Å². The quantitative estimate of drug-likeness (QED) is 0.366. The van der Waals surface area contributed by atoms with Gasteiger partial charge in [0.2, 0.25) is 10.0 Å². The maximum absolute atomic E-state index is 13.0. The molecule has 0 spiro atoms. The number of nitrogens with zero attached hydrogens (tertiary/aromatic N) is 3. The molecule has 176 valence electrons. The highest BCUT2D eigenvalue weighted by molar-refractivity contribution is 7.89. The van der Waals surface area contributed by atoms with Gasteiger partial charge in [-0.2, -0.15) is 0 Å². The fourth-order valence-corrected chi connectivity index (χ4v) is 4.90. The molecule has 0 atom stereocenters. The molecule has 1 aliphatic rings. The predicted octanol–water partition coefficient (Wildman–Crippen LogP) is 2.69. The molecule has 0 radical (unpaired) electrons. The number of aryl methyl sites for hydroxylation is 1. The lowest BCUT2D eigenvalue weighted by molar-refractivity contribution is 0.0496. The molecule has 4 rings (SSSR count). The van der Waals surface area contributed by atoms with Crippen LogP contribution in [0, 0.1) is 0 Å². The van der Waals surface area contributed by atoms with Gasteiger partial charge in [0.25, 0.3) is 0 Å². The zero-order valence-corrected chi connectivity index (χ0v) is 19.5. The van der Waals surface area contributed by atoms with Crippen LogP contribution in [0.25, 0.3) is 11.1 Å². The largest absolute Gasteiger partial charge is 0.462 e. The first-order valence-corrected chi connectivity index (χ1v) is 12.3. The summed E-state index contributed by atoms with van der Waals surface area (Å²) in [6.45, 7) is 2.01. The first kappa shape index (κ1) is 23.1. The summed E-state index contributed by atoms with van der Waals surface area (Å²) < 4.78 is 38.5. The lowest BCUT2D eigenvalue weighted by Crippen LogP contribution is -2.25. The summed E-state index contributed by atoms with van der Waals surface area (Å²) in [7, 11) is -0.800. The van der Waals surface area contributed by atoms with Crippen LogP contribution in [0.2, 0.25) is 0 Å². The molecule has 0 unspecified atom stereocenters. The van der Waals surface area contributed by atoms with Crippen LogP contribution in [0.15, 0.2) is 56.6 Å². The molecule has 3 aromatic rings. The SMILES string of the molecule is CN(C)S(=O)(=O)c1ccc(N2CCCC2)c(C(=O)OCCCn2c(=O)oc3ccccc32)c1. The molecule has 0 saturated carbocycles. The first-order valence-electron chi connectivity index (χ1n) is 10.9. The Morgan fingerprint density at radius 1 is 1.12 bits per heavy atom. The highest BCUT2D eigenvalue weighted by Crippen LogP contribution is 2.28. The molecule has 1 fully saturated rings. The Balaban J connectivity index is 1.50. The van der Waals surface area contributed by atoms with Crippen LogP contribution < -0.4 is 10.7 Å². The Morgan fingerprint density at radius 2 is 1.85 bits per heavy atom. The lowest BCUT2D eigenvalue weighted by atomic mass is 10.1. The van der Waals surface area contributed by atoms with Crippen LogP contribution in [0.5, 0.6) is 0 Å². The number of rotatable bonds is 8. The third kappa shape index (κ3) is 4.67. The Bertz CT molecular complexity index is 1320. The van der Waals surface area contributed by atoms with Gasteiger partial charge in [0.15, 0.2) is 5.58 Å². The van der Waals surface area contributed by atoms with Crippen molar-refractivity contribution in [3.05, 3.63) is 58.6 Å². The predicted molar refractivity (Wildman–Crippen MR) is 124 cm³/mol. The van der Waals surface area contributed by atoms with Crippen molar-refractivity contribution in [3.63, 3.8) is 0 Å². The molecule has 2 aromatic carbocycles. The maximum Gasteiger partial charge on any atom is 0.419 e. The Hall–Kier alpha value is -3.11. The minimum Gasteiger partial charge on any atom is -0.462 e. The fraction of sp³-hybridized carbons (Fsp3) is 0.391. The third-order valence-electron chi connectivity index (χ3n) is 5.75. The molecule has 9 nitrogen and oxygen atoms in total. The van der Waals surface area contributed by atoms with Crippen molar-refractivity contribution in [1.29, 1.82) is 0 Å². The average Bonchev–Trinajstić information content (AvgIpc) is 3.44. The molecule has 1 saturated heterocycles. The van der Waals surface area contributed by atoms with E-state index in [9.17, 15) is 18.0 Å². The number of ether oxygens (including phenoxy) is 1. The lowest BCUT2D eigenvalue weighted by Gasteiger charge is -2.22. The molecule has 33 heavy (non-hydrogen) atoms. The average molecular weight is 474 g/mol. The number of esters is 1. The van der Waals surface area contributed by atoms with E-state index in [2.05, 4.69) is 4.90 Å². The minimum absolute atomic E-state index is 0.0406. The second kappa shape index (κ2) is 9.40. The molecule has 0 N–H and O–H groups in total. The minimum atomic E-state index is -3.69. The molecule has 1 aromatic heterocycles. The van der Waals surface area contributed by atoms with Crippen LogP contribution >= 0.6 is 0 Å². The van der Waals surface area contributed by atoms with E-state index in [0.717, 1.165) is 30.2 Å². The van der Waals surface area contributed by atoms with E-state index in [-0.39, 0.29) is 17.1 Å². The number of carbonyl (C=O) groups excluding carboxylic acids is 1. The van der Waals surface area contributed by atoms with Crippen LogP contribution in [0.1, 0.15) is 29.6 Å². The number of oxazole rings is 1. The molecule has 2 heterocycles. The van der Waals surface area contributed by atoms with E-state index in [1.165, 1.54) is 30.8 Å². The van der Waals surface area contributed by atoms with Crippen molar-refractivity contribution in [2.24, 2.45) is 0 Å². The number of para-hydroxylation sites is 2. The fourth-order valence-electron chi connectivity index (χ4n) is 3.97. The molecule has 0 amide bonds. The summed E-state index contributed by atoms with van der Waals surface area (Å²) in [6.07, 6.45) is 2.43. The van der Waals surface area contributed by atoms with Gasteiger partial charge in [-0.3, -0.25) is 4.57 Å². The third-order valence-corrected chi connectivity index (χ3v) is 7.56. The molecular weight excluding hydrogens is 446 g/mol. The maximum atomic E-state index is 13.0. The summed E-state index contributed by atoms with van der Waals surface area (Å²) in [5.74, 6) is -1.04. The topological polar surface area (TPSA) is 102 Å². The van der Waals surface area contributed by atoms with Crippen molar-refractivity contribution < 1.29 is 22.4 Å². The monoisotopic (exact) mass is 473 g/mol. The van der Waals surface area contributed by atoms with Gasteiger partial charge >= 0.3 is 11.7 Å². The van der Waals surface area contributed by atoms with E-state index in [0.29, 0.717) is 29.8 Å². The number of hydrogen-bond donors (Lipinski definition) is 0. The van der Waals surface area contributed by atoms with Crippen molar-refractivity contribution in [2.45, 2.75) is 30.7 Å². The Kier molecular flexibility index (Phi) is 6.57. The zero-order valence-electron chi connectivity index (χ0n) is 18.7. The molecule has 10 heteroatoms. The van der Waals surface area contributed by atoms with Gasteiger partial charge in [0, 0.05) is 33.7 Å². The van der Waals surface area contributed by atoms with Gasteiger partial charge in [-0.25, -0.2) is 22.3 Å². The number of fused-ring (bicyclic) bond motifs is 1. The number of aromatic nitrogens is 1. The van der Waals surface area contributed by atoms with Gasteiger partial charge < -0.3 is 14.1 Å². The zero-order chi connectivity index (χ0) is 23.6. The Labute approximate surface area is 192 Å². The van der Waals surface area contributed by atoms with Crippen molar-refractivity contribution in [2.75, 3.05) is 38.7 Å². The summed E-state index contributed by atoms with van der Waals surface area (Å²) in [5, 5.41) is 0. The smallest absolute Gasteiger partial charge is 0.419 e. The summed E-state index contributed by atoms with van der Waals surface area (Å²) in [6, 6.07) is 11.7. The van der Waals surface area contributed by atoms with Gasteiger partial charge in [0.1, 0.15) is 0 Å². The molecular formula is C23H27N3O6S. The van der Waals surface area contributed by atoms with Crippen LogP contribution in [0.4, 0.5) is 5.69 Å². The van der Waals surface area contributed by atoms with Crippen LogP contribution in [0.3, 0.4) is 0 Å². The number of anilines is 1. The molecule has 0 aliphatic carbocycles. The highest BCUT2D eigenvalue weighted by atomic mass is 32.2. The summed E-state index contributed by atoms with van der Waals surface area (Å²) in [5.41, 5.74) is 2.10. The molecule has 1 aliphatic heterocycles. The molecule has 0 bridgehead atoms. The van der Waals surface area contributed by atoms with E-state index >= 15 is 0 Å². The number of benzene rings is 2. The van der Waals surface area contributed by atoms with Crippen molar-refractivity contribution >= 4 is 32.8 Å². The summed E-state index contributed by atoms with van der Waals surface area (Å²) >= 11 is 0. The number of carbonyl (C=O) groups is 1. The van der Waals surface area contributed by atoms with Crippen LogP contribution in [-0.4, -0.2) is 57.1 Å². The van der Waals surface area contributed by atoms with E-state index < -0.39 is 21.7 Å². The summed E-state index contributed by atoms with van der Waals surface area (Å²) in [4.78, 5) is 27.2.